The van der Waals surface area contributed by atoms with E-state index < -0.39 is 0 Å². The van der Waals surface area contributed by atoms with Gasteiger partial charge in [0.25, 0.3) is 0 Å². The fourth-order valence-electron chi connectivity index (χ4n) is 1.99. The van der Waals surface area contributed by atoms with Crippen LogP contribution in [0.25, 0.3) is 0 Å². The SMILES string of the molecule is CCCc1ccc(CC(C)NCC(C)C)cc1. The molecule has 96 valence electrons. The second-order valence-electron chi connectivity index (χ2n) is 5.47. The van der Waals surface area contributed by atoms with Crippen LogP contribution in [0, 0.1) is 5.92 Å². The van der Waals surface area contributed by atoms with Crippen molar-refractivity contribution in [3.8, 4) is 0 Å². The summed E-state index contributed by atoms with van der Waals surface area (Å²) in [6.45, 7) is 10.1. The maximum absolute atomic E-state index is 3.57. The molecule has 0 fully saturated rings. The van der Waals surface area contributed by atoms with Crippen molar-refractivity contribution in [1.29, 1.82) is 0 Å². The minimum atomic E-state index is 0.564. The third-order valence-corrected chi connectivity index (χ3v) is 2.98. The van der Waals surface area contributed by atoms with Crippen LogP contribution in [0.15, 0.2) is 24.3 Å². The van der Waals surface area contributed by atoms with Crippen LogP contribution in [0.5, 0.6) is 0 Å². The molecule has 0 bridgehead atoms. The summed E-state index contributed by atoms with van der Waals surface area (Å²) < 4.78 is 0. The predicted octanol–water partition coefficient (Wildman–Crippen LogP) is 3.82. The van der Waals surface area contributed by atoms with E-state index in [1.54, 1.807) is 0 Å². The zero-order chi connectivity index (χ0) is 12.7. The molecule has 17 heavy (non-hydrogen) atoms. The molecule has 0 spiro atoms. The molecule has 1 heteroatoms. The van der Waals surface area contributed by atoms with E-state index in [2.05, 4.69) is 57.3 Å². The van der Waals surface area contributed by atoms with E-state index in [-0.39, 0.29) is 0 Å². The van der Waals surface area contributed by atoms with Gasteiger partial charge in [0.2, 0.25) is 0 Å². The molecule has 1 nitrogen and oxygen atoms in total. The van der Waals surface area contributed by atoms with E-state index in [9.17, 15) is 0 Å². The molecular formula is C16H27N. The summed E-state index contributed by atoms with van der Waals surface area (Å²) in [7, 11) is 0. The number of hydrogen-bond donors (Lipinski definition) is 1. The minimum Gasteiger partial charge on any atom is -0.314 e. The van der Waals surface area contributed by atoms with Gasteiger partial charge in [-0.25, -0.2) is 0 Å². The Morgan fingerprint density at radius 2 is 1.59 bits per heavy atom. The third kappa shape index (κ3) is 5.88. The van der Waals surface area contributed by atoms with E-state index in [4.69, 9.17) is 0 Å². The van der Waals surface area contributed by atoms with Crippen molar-refractivity contribution in [1.82, 2.24) is 5.32 Å². The number of aryl methyl sites for hydroxylation is 1. The molecule has 1 aromatic rings. The van der Waals surface area contributed by atoms with Crippen molar-refractivity contribution in [3.05, 3.63) is 35.4 Å². The lowest BCUT2D eigenvalue weighted by Gasteiger charge is -2.15. The Morgan fingerprint density at radius 1 is 1.00 bits per heavy atom. The van der Waals surface area contributed by atoms with Gasteiger partial charge in [-0.3, -0.25) is 0 Å². The van der Waals surface area contributed by atoms with Crippen molar-refractivity contribution in [2.45, 2.75) is 53.0 Å². The molecule has 1 unspecified atom stereocenters. The first-order valence-corrected chi connectivity index (χ1v) is 6.93. The third-order valence-electron chi connectivity index (χ3n) is 2.98. The van der Waals surface area contributed by atoms with Gasteiger partial charge in [-0.05, 0) is 43.4 Å². The van der Waals surface area contributed by atoms with Crippen molar-refractivity contribution in [3.63, 3.8) is 0 Å². The Kier molecular flexibility index (Phi) is 6.28. The highest BCUT2D eigenvalue weighted by Gasteiger charge is 2.04. The summed E-state index contributed by atoms with van der Waals surface area (Å²) in [5.41, 5.74) is 2.90. The summed E-state index contributed by atoms with van der Waals surface area (Å²) in [6.07, 6.45) is 3.55. The molecule has 1 N–H and O–H groups in total. The van der Waals surface area contributed by atoms with E-state index in [0.29, 0.717) is 6.04 Å². The van der Waals surface area contributed by atoms with Crippen LogP contribution in [0.4, 0.5) is 0 Å². The lowest BCUT2D eigenvalue weighted by atomic mass is 10.0. The van der Waals surface area contributed by atoms with E-state index in [0.717, 1.165) is 18.9 Å². The average Bonchev–Trinajstić information content (AvgIpc) is 2.29. The zero-order valence-corrected chi connectivity index (χ0v) is 11.8. The molecule has 0 radical (unpaired) electrons. The van der Waals surface area contributed by atoms with E-state index in [1.165, 1.54) is 24.0 Å². The smallest absolute Gasteiger partial charge is 0.00792 e. The van der Waals surface area contributed by atoms with Gasteiger partial charge >= 0.3 is 0 Å². The Bertz CT molecular complexity index is 300. The molecule has 0 aliphatic heterocycles. The number of rotatable bonds is 7. The lowest BCUT2D eigenvalue weighted by Crippen LogP contribution is -2.31. The molecule has 0 saturated carbocycles. The maximum Gasteiger partial charge on any atom is 0.00792 e. The molecule has 0 aromatic heterocycles. The highest BCUT2D eigenvalue weighted by Crippen LogP contribution is 2.08. The Morgan fingerprint density at radius 3 is 2.12 bits per heavy atom. The zero-order valence-electron chi connectivity index (χ0n) is 11.8. The van der Waals surface area contributed by atoms with Crippen molar-refractivity contribution in [2.24, 2.45) is 5.92 Å². The first-order chi connectivity index (χ1) is 8.11. The second kappa shape index (κ2) is 7.50. The van der Waals surface area contributed by atoms with Gasteiger partial charge < -0.3 is 5.32 Å². The van der Waals surface area contributed by atoms with Crippen molar-refractivity contribution >= 4 is 0 Å². The summed E-state index contributed by atoms with van der Waals surface area (Å²) in [6, 6.07) is 9.66. The van der Waals surface area contributed by atoms with Gasteiger partial charge in [0.05, 0.1) is 0 Å². The molecule has 1 rings (SSSR count). The quantitative estimate of drug-likeness (QED) is 0.755. The summed E-state index contributed by atoms with van der Waals surface area (Å²) in [5, 5.41) is 3.57. The average molecular weight is 233 g/mol. The first-order valence-electron chi connectivity index (χ1n) is 6.93. The molecule has 0 aliphatic rings. The van der Waals surface area contributed by atoms with Crippen LogP contribution in [-0.4, -0.2) is 12.6 Å². The van der Waals surface area contributed by atoms with Crippen LogP contribution in [0.1, 0.15) is 45.2 Å². The predicted molar refractivity (Wildman–Crippen MR) is 76.4 cm³/mol. The summed E-state index contributed by atoms with van der Waals surface area (Å²) in [4.78, 5) is 0. The van der Waals surface area contributed by atoms with E-state index in [1.807, 2.05) is 0 Å². The number of hydrogen-bond acceptors (Lipinski definition) is 1. The molecule has 1 atom stereocenters. The number of benzene rings is 1. The highest BCUT2D eigenvalue weighted by atomic mass is 14.9. The Labute approximate surface area is 107 Å². The second-order valence-corrected chi connectivity index (χ2v) is 5.47. The lowest BCUT2D eigenvalue weighted by molar-refractivity contribution is 0.482. The molecular weight excluding hydrogens is 206 g/mol. The molecule has 0 aliphatic carbocycles. The van der Waals surface area contributed by atoms with Crippen LogP contribution < -0.4 is 5.32 Å². The monoisotopic (exact) mass is 233 g/mol. The van der Waals surface area contributed by atoms with Gasteiger partial charge in [-0.2, -0.15) is 0 Å². The topological polar surface area (TPSA) is 12.0 Å². The van der Waals surface area contributed by atoms with Crippen molar-refractivity contribution in [2.75, 3.05) is 6.54 Å². The van der Waals surface area contributed by atoms with Gasteiger partial charge in [-0.15, -0.1) is 0 Å². The summed E-state index contributed by atoms with van der Waals surface area (Å²) in [5.74, 6) is 0.726. The first kappa shape index (κ1) is 14.2. The van der Waals surface area contributed by atoms with Crippen LogP contribution in [0.2, 0.25) is 0 Å². The van der Waals surface area contributed by atoms with Crippen LogP contribution in [0.3, 0.4) is 0 Å². The van der Waals surface area contributed by atoms with Gasteiger partial charge in [-0.1, -0.05) is 51.5 Å². The standard InChI is InChI=1S/C16H27N/c1-5-6-15-7-9-16(10-8-15)11-14(4)17-12-13(2)3/h7-10,13-14,17H,5-6,11-12H2,1-4H3. The van der Waals surface area contributed by atoms with E-state index >= 15 is 0 Å². The maximum atomic E-state index is 3.57. The molecule has 0 heterocycles. The molecule has 1 aromatic carbocycles. The van der Waals surface area contributed by atoms with Gasteiger partial charge in [0.1, 0.15) is 0 Å². The van der Waals surface area contributed by atoms with Crippen LogP contribution in [-0.2, 0) is 12.8 Å². The van der Waals surface area contributed by atoms with Gasteiger partial charge in [0.15, 0.2) is 0 Å². The Hall–Kier alpha value is -0.820. The molecule has 0 saturated heterocycles. The Balaban J connectivity index is 2.40. The van der Waals surface area contributed by atoms with Gasteiger partial charge in [0, 0.05) is 6.04 Å². The number of nitrogens with one attached hydrogen (secondary N) is 1. The fraction of sp³-hybridized carbons (Fsp3) is 0.625. The molecule has 0 amide bonds. The summed E-state index contributed by atoms with van der Waals surface area (Å²) >= 11 is 0. The van der Waals surface area contributed by atoms with Crippen LogP contribution >= 0.6 is 0 Å². The fourth-order valence-corrected chi connectivity index (χ4v) is 1.99. The van der Waals surface area contributed by atoms with Crippen molar-refractivity contribution < 1.29 is 0 Å². The largest absolute Gasteiger partial charge is 0.314 e. The minimum absolute atomic E-state index is 0.564. The highest BCUT2D eigenvalue weighted by molar-refractivity contribution is 5.23. The normalized spacial score (nSPS) is 13.0.